The van der Waals surface area contributed by atoms with E-state index < -0.39 is 0 Å². The summed E-state index contributed by atoms with van der Waals surface area (Å²) in [5, 5.41) is 12.7. The van der Waals surface area contributed by atoms with Crippen LogP contribution in [0.2, 0.25) is 5.02 Å². The molecule has 0 aromatic heterocycles. The Balaban J connectivity index is 2.65. The normalized spacial score (nSPS) is 14.6. The summed E-state index contributed by atoms with van der Waals surface area (Å²) in [5.74, 6) is -0.299. The van der Waals surface area contributed by atoms with E-state index in [0.717, 1.165) is 6.42 Å². The van der Waals surface area contributed by atoms with Crippen LogP contribution in [0.25, 0.3) is 0 Å². The summed E-state index contributed by atoms with van der Waals surface area (Å²) in [7, 11) is 0. The minimum Gasteiger partial charge on any atom is -0.396 e. The Hall–Kier alpha value is -0.640. The average Bonchev–Trinajstić information content (AvgIpc) is 2.28. The fraction of sp³-hybridized carbons (Fsp3) is 0.538. The van der Waals surface area contributed by atoms with Gasteiger partial charge in [-0.3, -0.25) is 0 Å². The Morgan fingerprint density at radius 1 is 1.47 bits per heavy atom. The molecular formula is C13H19ClFNO. The standard InChI is InChI=1S/C13H19ClFNO/c1-3-13(2,6-7-17)16-9-10-4-5-11(14)8-12(10)15/h4-5,8,16-17H,3,6-7,9H2,1-2H3. The van der Waals surface area contributed by atoms with Gasteiger partial charge in [0.05, 0.1) is 0 Å². The summed E-state index contributed by atoms with van der Waals surface area (Å²) in [6, 6.07) is 4.67. The molecule has 1 aromatic carbocycles. The van der Waals surface area contributed by atoms with Crippen LogP contribution in [0.4, 0.5) is 4.39 Å². The zero-order valence-electron chi connectivity index (χ0n) is 10.3. The van der Waals surface area contributed by atoms with E-state index in [4.69, 9.17) is 16.7 Å². The molecule has 17 heavy (non-hydrogen) atoms. The van der Waals surface area contributed by atoms with E-state index in [1.54, 1.807) is 12.1 Å². The lowest BCUT2D eigenvalue weighted by molar-refractivity contribution is 0.214. The lowest BCUT2D eigenvalue weighted by Crippen LogP contribution is -2.42. The number of aliphatic hydroxyl groups is 1. The van der Waals surface area contributed by atoms with Gasteiger partial charge in [0.25, 0.3) is 0 Å². The molecular weight excluding hydrogens is 241 g/mol. The molecule has 0 aliphatic heterocycles. The van der Waals surface area contributed by atoms with Crippen molar-refractivity contribution in [2.24, 2.45) is 0 Å². The molecule has 0 fully saturated rings. The minimum absolute atomic E-state index is 0.125. The largest absolute Gasteiger partial charge is 0.396 e. The Labute approximate surface area is 107 Å². The van der Waals surface area contributed by atoms with Crippen molar-refractivity contribution in [3.05, 3.63) is 34.6 Å². The van der Waals surface area contributed by atoms with Crippen LogP contribution in [0.15, 0.2) is 18.2 Å². The molecule has 1 atom stereocenters. The third kappa shape index (κ3) is 4.26. The van der Waals surface area contributed by atoms with Gasteiger partial charge in [-0.1, -0.05) is 24.6 Å². The van der Waals surface area contributed by atoms with Crippen molar-refractivity contribution >= 4 is 11.6 Å². The summed E-state index contributed by atoms with van der Waals surface area (Å²) in [4.78, 5) is 0. The maximum Gasteiger partial charge on any atom is 0.129 e. The van der Waals surface area contributed by atoms with Crippen LogP contribution >= 0.6 is 11.6 Å². The smallest absolute Gasteiger partial charge is 0.129 e. The third-order valence-corrected chi connectivity index (χ3v) is 3.40. The summed E-state index contributed by atoms with van der Waals surface area (Å²) < 4.78 is 13.5. The van der Waals surface area contributed by atoms with Gasteiger partial charge in [-0.25, -0.2) is 4.39 Å². The number of hydrogen-bond donors (Lipinski definition) is 2. The van der Waals surface area contributed by atoms with E-state index >= 15 is 0 Å². The van der Waals surface area contributed by atoms with Crippen LogP contribution in [-0.4, -0.2) is 17.3 Å². The summed E-state index contributed by atoms with van der Waals surface area (Å²) >= 11 is 5.69. The lowest BCUT2D eigenvalue weighted by Gasteiger charge is -2.29. The van der Waals surface area contributed by atoms with Gasteiger partial charge in [-0.2, -0.15) is 0 Å². The number of hydrogen-bond acceptors (Lipinski definition) is 2. The van der Waals surface area contributed by atoms with Gasteiger partial charge in [0.2, 0.25) is 0 Å². The molecule has 0 radical (unpaired) electrons. The molecule has 0 aliphatic rings. The Morgan fingerprint density at radius 2 is 2.18 bits per heavy atom. The molecule has 0 bridgehead atoms. The molecule has 2 nitrogen and oxygen atoms in total. The summed E-state index contributed by atoms with van der Waals surface area (Å²) in [6.45, 7) is 4.63. The fourth-order valence-corrected chi connectivity index (χ4v) is 1.77. The predicted octanol–water partition coefficient (Wildman–Crippen LogP) is 3.12. The monoisotopic (exact) mass is 259 g/mol. The number of halogens is 2. The van der Waals surface area contributed by atoms with Crippen molar-refractivity contribution in [2.45, 2.75) is 38.8 Å². The molecule has 0 heterocycles. The Kier molecular flexibility index (Phi) is 5.37. The first kappa shape index (κ1) is 14.4. The molecule has 0 spiro atoms. The first-order valence-corrected chi connectivity index (χ1v) is 6.18. The zero-order chi connectivity index (χ0) is 12.9. The van der Waals surface area contributed by atoms with Gasteiger partial charge in [0, 0.05) is 29.3 Å². The molecule has 0 amide bonds. The van der Waals surface area contributed by atoms with E-state index in [9.17, 15) is 4.39 Å². The first-order chi connectivity index (χ1) is 8.00. The Bertz CT molecular complexity index is 372. The number of aliphatic hydroxyl groups excluding tert-OH is 1. The first-order valence-electron chi connectivity index (χ1n) is 5.80. The molecule has 0 aliphatic carbocycles. The highest BCUT2D eigenvalue weighted by atomic mass is 35.5. The van der Waals surface area contributed by atoms with Gasteiger partial charge >= 0.3 is 0 Å². The van der Waals surface area contributed by atoms with Crippen LogP contribution in [0.1, 0.15) is 32.3 Å². The Morgan fingerprint density at radius 3 is 2.71 bits per heavy atom. The maximum absolute atomic E-state index is 13.5. The molecule has 96 valence electrons. The molecule has 1 rings (SSSR count). The van der Waals surface area contributed by atoms with Gasteiger partial charge in [0.15, 0.2) is 0 Å². The number of nitrogens with one attached hydrogen (secondary N) is 1. The predicted molar refractivity (Wildman–Crippen MR) is 68.6 cm³/mol. The quantitative estimate of drug-likeness (QED) is 0.823. The van der Waals surface area contributed by atoms with Crippen molar-refractivity contribution in [1.29, 1.82) is 0 Å². The molecule has 2 N–H and O–H groups in total. The number of rotatable bonds is 6. The second-order valence-corrected chi connectivity index (χ2v) is 4.91. The van der Waals surface area contributed by atoms with E-state index in [2.05, 4.69) is 5.32 Å². The second kappa shape index (κ2) is 6.34. The van der Waals surface area contributed by atoms with Crippen molar-refractivity contribution in [1.82, 2.24) is 5.32 Å². The highest BCUT2D eigenvalue weighted by molar-refractivity contribution is 6.30. The topological polar surface area (TPSA) is 32.3 Å². The summed E-state index contributed by atoms with van der Waals surface area (Å²) in [5.41, 5.74) is 0.424. The molecule has 0 saturated heterocycles. The highest BCUT2D eigenvalue weighted by Crippen LogP contribution is 2.18. The zero-order valence-corrected chi connectivity index (χ0v) is 11.0. The number of benzene rings is 1. The maximum atomic E-state index is 13.5. The highest BCUT2D eigenvalue weighted by Gasteiger charge is 2.20. The van der Waals surface area contributed by atoms with Gasteiger partial charge in [0.1, 0.15) is 5.82 Å². The van der Waals surface area contributed by atoms with Crippen molar-refractivity contribution in [2.75, 3.05) is 6.61 Å². The molecule has 0 saturated carbocycles. The van der Waals surface area contributed by atoms with Crippen LogP contribution in [0, 0.1) is 5.82 Å². The lowest BCUT2D eigenvalue weighted by atomic mass is 9.94. The van der Waals surface area contributed by atoms with Crippen molar-refractivity contribution in [3.63, 3.8) is 0 Å². The van der Waals surface area contributed by atoms with E-state index in [1.165, 1.54) is 6.07 Å². The molecule has 4 heteroatoms. The van der Waals surface area contributed by atoms with Crippen LogP contribution < -0.4 is 5.32 Å². The minimum atomic E-state index is -0.299. The van der Waals surface area contributed by atoms with Crippen LogP contribution in [0.3, 0.4) is 0 Å². The van der Waals surface area contributed by atoms with Gasteiger partial charge in [-0.15, -0.1) is 0 Å². The van der Waals surface area contributed by atoms with Crippen molar-refractivity contribution < 1.29 is 9.50 Å². The average molecular weight is 260 g/mol. The molecule has 1 unspecified atom stereocenters. The van der Waals surface area contributed by atoms with Crippen LogP contribution in [-0.2, 0) is 6.54 Å². The van der Waals surface area contributed by atoms with Gasteiger partial charge in [-0.05, 0) is 31.9 Å². The third-order valence-electron chi connectivity index (χ3n) is 3.16. The van der Waals surface area contributed by atoms with E-state index in [-0.39, 0.29) is 18.0 Å². The fourth-order valence-electron chi connectivity index (χ4n) is 1.61. The van der Waals surface area contributed by atoms with E-state index in [1.807, 2.05) is 13.8 Å². The van der Waals surface area contributed by atoms with Crippen LogP contribution in [0.5, 0.6) is 0 Å². The SMILES string of the molecule is CCC(C)(CCO)NCc1ccc(Cl)cc1F. The molecule has 1 aromatic rings. The van der Waals surface area contributed by atoms with E-state index in [0.29, 0.717) is 23.6 Å². The van der Waals surface area contributed by atoms with Crippen molar-refractivity contribution in [3.8, 4) is 0 Å². The second-order valence-electron chi connectivity index (χ2n) is 4.48. The summed E-state index contributed by atoms with van der Waals surface area (Å²) in [6.07, 6.45) is 1.53. The van der Waals surface area contributed by atoms with Gasteiger partial charge < -0.3 is 10.4 Å².